The summed E-state index contributed by atoms with van der Waals surface area (Å²) < 4.78 is 11.6. The first-order valence-corrected chi connectivity index (χ1v) is 13.2. The van der Waals surface area contributed by atoms with Crippen LogP contribution in [0, 0.1) is 17.2 Å². The summed E-state index contributed by atoms with van der Waals surface area (Å²) >= 11 is 1.54. The van der Waals surface area contributed by atoms with Crippen LogP contribution in [-0.4, -0.2) is 54.2 Å². The van der Waals surface area contributed by atoms with Crippen LogP contribution in [0.3, 0.4) is 0 Å². The number of ether oxygens (including phenoxy) is 2. The van der Waals surface area contributed by atoms with Crippen molar-refractivity contribution in [2.75, 3.05) is 38.2 Å². The van der Waals surface area contributed by atoms with Crippen LogP contribution < -0.4 is 14.4 Å². The molecule has 1 aromatic heterocycles. The van der Waals surface area contributed by atoms with Crippen molar-refractivity contribution >= 4 is 17.7 Å². The average Bonchev–Trinajstić information content (AvgIpc) is 3.78. The molecule has 2 aromatic carbocycles. The van der Waals surface area contributed by atoms with Crippen molar-refractivity contribution in [3.05, 3.63) is 65.9 Å². The highest BCUT2D eigenvalue weighted by Gasteiger charge is 2.33. The lowest BCUT2D eigenvalue weighted by molar-refractivity contribution is 0.178. The van der Waals surface area contributed by atoms with Gasteiger partial charge in [-0.1, -0.05) is 23.9 Å². The smallest absolute Gasteiger partial charge is 0.232 e. The number of rotatable bonds is 9. The molecule has 1 saturated heterocycles. The van der Waals surface area contributed by atoms with E-state index in [1.807, 2.05) is 54.7 Å². The van der Waals surface area contributed by atoms with Gasteiger partial charge in [-0.25, -0.2) is 4.98 Å². The Hall–Kier alpha value is -3.28. The molecule has 0 amide bonds. The first-order valence-electron chi connectivity index (χ1n) is 12.4. The Morgan fingerprint density at radius 1 is 1.11 bits per heavy atom. The van der Waals surface area contributed by atoms with Crippen molar-refractivity contribution in [2.45, 2.75) is 42.2 Å². The lowest BCUT2D eigenvalue weighted by atomic mass is 10.1. The third-order valence-electron chi connectivity index (χ3n) is 6.91. The Balaban J connectivity index is 1.33. The highest BCUT2D eigenvalue weighted by atomic mass is 32.2. The van der Waals surface area contributed by atoms with Gasteiger partial charge in [-0.05, 0) is 67.6 Å². The Labute approximate surface area is 217 Å². The van der Waals surface area contributed by atoms with Crippen LogP contribution in [0.5, 0.6) is 11.6 Å². The Bertz CT molecular complexity index is 1220. The van der Waals surface area contributed by atoms with E-state index in [1.165, 1.54) is 24.6 Å². The zero-order valence-electron chi connectivity index (χ0n) is 20.8. The third kappa shape index (κ3) is 5.92. The van der Waals surface area contributed by atoms with Crippen molar-refractivity contribution in [1.82, 2.24) is 14.9 Å². The molecule has 36 heavy (non-hydrogen) atoms. The second kappa shape index (κ2) is 11.2. The fourth-order valence-electron chi connectivity index (χ4n) is 4.52. The molecule has 1 saturated carbocycles. The minimum atomic E-state index is 0.376. The fraction of sp³-hybridized carbons (Fsp3) is 0.393. The van der Waals surface area contributed by atoms with E-state index in [-0.39, 0.29) is 0 Å². The molecule has 0 radical (unpaired) electrons. The summed E-state index contributed by atoms with van der Waals surface area (Å²) in [7, 11) is 1.66. The van der Waals surface area contributed by atoms with Gasteiger partial charge in [-0.3, -0.25) is 4.90 Å². The maximum absolute atomic E-state index is 9.10. The number of nitriles is 1. The molecule has 0 N–H and O–H groups in total. The SMILES string of the molecule is COc1cccc(COc2nc(N3CCN(C(C)C4CC4)CC3)ncc2Sc2ccc(C#N)cc2)c1. The zero-order chi connectivity index (χ0) is 24.9. The summed E-state index contributed by atoms with van der Waals surface area (Å²) in [5, 5.41) is 9.10. The lowest BCUT2D eigenvalue weighted by Crippen LogP contribution is -2.50. The number of methoxy groups -OCH3 is 1. The van der Waals surface area contributed by atoms with E-state index in [0.29, 0.717) is 30.0 Å². The van der Waals surface area contributed by atoms with Gasteiger partial charge in [0.05, 0.1) is 29.8 Å². The van der Waals surface area contributed by atoms with Crippen molar-refractivity contribution in [3.63, 3.8) is 0 Å². The van der Waals surface area contributed by atoms with E-state index in [9.17, 15) is 0 Å². The van der Waals surface area contributed by atoms with Gasteiger partial charge in [0.15, 0.2) is 0 Å². The van der Waals surface area contributed by atoms with Crippen LogP contribution in [0.25, 0.3) is 0 Å². The molecule has 5 rings (SSSR count). The number of piperazine rings is 1. The molecular formula is C28H31N5O2S. The summed E-state index contributed by atoms with van der Waals surface area (Å²) in [4.78, 5) is 16.3. The fourth-order valence-corrected chi connectivity index (χ4v) is 5.34. The molecule has 2 fully saturated rings. The summed E-state index contributed by atoms with van der Waals surface area (Å²) in [5.41, 5.74) is 1.64. The largest absolute Gasteiger partial charge is 0.497 e. The van der Waals surface area contributed by atoms with Gasteiger partial charge in [0.1, 0.15) is 12.4 Å². The van der Waals surface area contributed by atoms with Crippen molar-refractivity contribution < 1.29 is 9.47 Å². The summed E-state index contributed by atoms with van der Waals surface area (Å²) in [6.07, 6.45) is 4.60. The lowest BCUT2D eigenvalue weighted by Gasteiger charge is -2.38. The highest BCUT2D eigenvalue weighted by molar-refractivity contribution is 7.99. The molecule has 1 unspecified atom stereocenters. The van der Waals surface area contributed by atoms with Gasteiger partial charge >= 0.3 is 0 Å². The van der Waals surface area contributed by atoms with Crippen LogP contribution in [0.1, 0.15) is 30.9 Å². The monoisotopic (exact) mass is 501 g/mol. The minimum Gasteiger partial charge on any atom is -0.497 e. The molecule has 3 aromatic rings. The Morgan fingerprint density at radius 3 is 2.58 bits per heavy atom. The molecule has 0 bridgehead atoms. The van der Waals surface area contributed by atoms with Gasteiger partial charge in [-0.2, -0.15) is 10.2 Å². The quantitative estimate of drug-likeness (QED) is 0.405. The molecular weight excluding hydrogens is 470 g/mol. The van der Waals surface area contributed by atoms with Crippen molar-refractivity contribution in [1.29, 1.82) is 5.26 Å². The van der Waals surface area contributed by atoms with Crippen molar-refractivity contribution in [3.8, 4) is 17.7 Å². The van der Waals surface area contributed by atoms with E-state index in [2.05, 4.69) is 22.8 Å². The predicted molar refractivity (Wildman–Crippen MR) is 141 cm³/mol. The normalized spacial score (nSPS) is 16.9. The molecule has 1 aliphatic carbocycles. The number of nitrogens with zero attached hydrogens (tertiary/aromatic N) is 5. The molecule has 0 spiro atoms. The number of hydrogen-bond acceptors (Lipinski definition) is 8. The van der Waals surface area contributed by atoms with Crippen molar-refractivity contribution in [2.24, 2.45) is 5.92 Å². The zero-order valence-corrected chi connectivity index (χ0v) is 21.6. The maximum Gasteiger partial charge on any atom is 0.232 e. The molecule has 2 heterocycles. The molecule has 1 atom stereocenters. The van der Waals surface area contributed by atoms with E-state index >= 15 is 0 Å². The summed E-state index contributed by atoms with van der Waals surface area (Å²) in [6, 6.07) is 18.2. The number of anilines is 1. The first-order chi connectivity index (χ1) is 17.6. The Morgan fingerprint density at radius 2 is 1.89 bits per heavy atom. The maximum atomic E-state index is 9.10. The number of benzene rings is 2. The minimum absolute atomic E-state index is 0.376. The predicted octanol–water partition coefficient (Wildman–Crippen LogP) is 5.01. The van der Waals surface area contributed by atoms with E-state index < -0.39 is 0 Å². The highest BCUT2D eigenvalue weighted by Crippen LogP contribution is 2.37. The van der Waals surface area contributed by atoms with E-state index in [1.54, 1.807) is 7.11 Å². The van der Waals surface area contributed by atoms with Gasteiger partial charge < -0.3 is 14.4 Å². The number of aromatic nitrogens is 2. The topological polar surface area (TPSA) is 74.5 Å². The van der Waals surface area contributed by atoms with E-state index in [4.69, 9.17) is 24.7 Å². The molecule has 1 aliphatic heterocycles. The second-order valence-electron chi connectivity index (χ2n) is 9.32. The van der Waals surface area contributed by atoms with Crippen LogP contribution in [0.4, 0.5) is 5.95 Å². The molecule has 8 heteroatoms. The van der Waals surface area contributed by atoms with Crippen LogP contribution in [-0.2, 0) is 6.61 Å². The molecule has 2 aliphatic rings. The van der Waals surface area contributed by atoms with Crippen LogP contribution in [0.2, 0.25) is 0 Å². The molecule has 186 valence electrons. The summed E-state index contributed by atoms with van der Waals surface area (Å²) in [6.45, 7) is 6.62. The number of hydrogen-bond donors (Lipinski definition) is 0. The van der Waals surface area contributed by atoms with Gasteiger partial charge in [0.25, 0.3) is 0 Å². The first kappa shape index (κ1) is 24.4. The van der Waals surface area contributed by atoms with Crippen LogP contribution in [0.15, 0.2) is 64.5 Å². The third-order valence-corrected chi connectivity index (χ3v) is 7.92. The Kier molecular flexibility index (Phi) is 7.59. The van der Waals surface area contributed by atoms with Gasteiger partial charge in [0, 0.05) is 37.1 Å². The van der Waals surface area contributed by atoms with E-state index in [0.717, 1.165) is 53.2 Å². The standard InChI is InChI=1S/C28H31N5O2S/c1-20(23-8-9-23)32-12-14-33(15-13-32)28-30-18-26(36-25-10-6-21(17-29)7-11-25)27(31-28)35-19-22-4-3-5-24(16-22)34-2/h3-7,10-11,16,18,20,23H,8-9,12-15,19H2,1-2H3. The van der Waals surface area contributed by atoms with Gasteiger partial charge in [0.2, 0.25) is 11.8 Å². The average molecular weight is 502 g/mol. The summed E-state index contributed by atoms with van der Waals surface area (Å²) in [5.74, 6) is 2.94. The second-order valence-corrected chi connectivity index (χ2v) is 10.4. The molecule has 7 nitrogen and oxygen atoms in total. The van der Waals surface area contributed by atoms with Gasteiger partial charge in [-0.15, -0.1) is 0 Å². The van der Waals surface area contributed by atoms with Crippen LogP contribution >= 0.6 is 11.8 Å².